The minimum absolute atomic E-state index is 0.186. The number of amides is 2. The molecule has 0 aliphatic rings. The van der Waals surface area contributed by atoms with Crippen LogP contribution in [0.1, 0.15) is 39.2 Å². The first-order valence-electron chi connectivity index (χ1n) is 8.48. The van der Waals surface area contributed by atoms with Gasteiger partial charge in [-0.2, -0.15) is 0 Å². The quantitative estimate of drug-likeness (QED) is 0.497. The average molecular weight is 381 g/mol. The number of benzene rings is 1. The number of ether oxygens (including phenoxy) is 2. The molecule has 0 aliphatic carbocycles. The fourth-order valence-electron chi connectivity index (χ4n) is 1.85. The molecule has 1 aromatic carbocycles. The Morgan fingerprint density at radius 3 is 2.23 bits per heavy atom. The SMILES string of the molecule is CC(C)(C)OC(=O)NCCCCNC(=S)NC(=O)OCc1ccccc1. The summed E-state index contributed by atoms with van der Waals surface area (Å²) >= 11 is 5.03. The lowest BCUT2D eigenvalue weighted by Crippen LogP contribution is -2.40. The van der Waals surface area contributed by atoms with Crippen LogP contribution in [0.3, 0.4) is 0 Å². The van der Waals surface area contributed by atoms with Gasteiger partial charge in [0.25, 0.3) is 0 Å². The van der Waals surface area contributed by atoms with Crippen molar-refractivity contribution >= 4 is 29.5 Å². The van der Waals surface area contributed by atoms with E-state index in [2.05, 4.69) is 16.0 Å². The highest BCUT2D eigenvalue weighted by molar-refractivity contribution is 7.80. The molecule has 0 radical (unpaired) electrons. The summed E-state index contributed by atoms with van der Waals surface area (Å²) in [6.45, 7) is 6.72. The third-order valence-corrected chi connectivity index (χ3v) is 3.23. The first kappa shape index (κ1) is 21.7. The van der Waals surface area contributed by atoms with E-state index in [0.717, 1.165) is 18.4 Å². The molecule has 3 N–H and O–H groups in total. The van der Waals surface area contributed by atoms with Crippen LogP contribution < -0.4 is 16.0 Å². The number of unbranched alkanes of at least 4 members (excludes halogenated alkanes) is 1. The Labute approximate surface area is 159 Å². The molecule has 0 saturated carbocycles. The van der Waals surface area contributed by atoms with Gasteiger partial charge < -0.3 is 20.1 Å². The number of thiocarbonyl (C=S) groups is 1. The Morgan fingerprint density at radius 2 is 1.62 bits per heavy atom. The molecule has 7 nitrogen and oxygen atoms in total. The van der Waals surface area contributed by atoms with E-state index in [1.807, 2.05) is 51.1 Å². The maximum atomic E-state index is 11.6. The number of nitrogens with one attached hydrogen (secondary N) is 3. The van der Waals surface area contributed by atoms with Crippen LogP contribution >= 0.6 is 12.2 Å². The smallest absolute Gasteiger partial charge is 0.413 e. The number of carbonyl (C=O) groups excluding carboxylic acids is 2. The summed E-state index contributed by atoms with van der Waals surface area (Å²) in [7, 11) is 0. The molecule has 144 valence electrons. The third-order valence-electron chi connectivity index (χ3n) is 2.99. The number of rotatable bonds is 7. The van der Waals surface area contributed by atoms with Gasteiger partial charge in [-0.05, 0) is 51.4 Å². The maximum Gasteiger partial charge on any atom is 0.413 e. The van der Waals surface area contributed by atoms with Crippen LogP contribution in [0.5, 0.6) is 0 Å². The summed E-state index contributed by atoms with van der Waals surface area (Å²) in [5.74, 6) is 0. The molecule has 0 fully saturated rings. The van der Waals surface area contributed by atoms with E-state index >= 15 is 0 Å². The minimum atomic E-state index is -0.599. The van der Waals surface area contributed by atoms with Crippen LogP contribution in [-0.2, 0) is 16.1 Å². The van der Waals surface area contributed by atoms with Crippen LogP contribution in [0.25, 0.3) is 0 Å². The molecule has 2 amide bonds. The summed E-state index contributed by atoms with van der Waals surface area (Å²) < 4.78 is 10.2. The van der Waals surface area contributed by atoms with Crippen LogP contribution in [-0.4, -0.2) is 36.0 Å². The van der Waals surface area contributed by atoms with Crippen molar-refractivity contribution in [2.45, 2.75) is 45.8 Å². The van der Waals surface area contributed by atoms with E-state index in [-0.39, 0.29) is 11.7 Å². The Bertz CT molecular complexity index is 588. The van der Waals surface area contributed by atoms with Crippen LogP contribution in [0.2, 0.25) is 0 Å². The van der Waals surface area contributed by atoms with E-state index in [9.17, 15) is 9.59 Å². The number of carbonyl (C=O) groups is 2. The Morgan fingerprint density at radius 1 is 1.00 bits per heavy atom. The maximum absolute atomic E-state index is 11.6. The highest BCUT2D eigenvalue weighted by atomic mass is 32.1. The van der Waals surface area contributed by atoms with Gasteiger partial charge in [0.2, 0.25) is 0 Å². The van der Waals surface area contributed by atoms with Crippen molar-refractivity contribution in [3.8, 4) is 0 Å². The van der Waals surface area contributed by atoms with Crippen molar-refractivity contribution < 1.29 is 19.1 Å². The lowest BCUT2D eigenvalue weighted by molar-refractivity contribution is 0.0527. The second kappa shape index (κ2) is 11.3. The summed E-state index contributed by atoms with van der Waals surface area (Å²) in [6.07, 6.45) is 0.506. The summed E-state index contributed by atoms with van der Waals surface area (Å²) in [5, 5.41) is 8.26. The standard InChI is InChI=1S/C18H27N3O4S/c1-18(2,3)25-16(22)20-12-8-7-11-19-15(26)21-17(23)24-13-14-9-5-4-6-10-14/h4-6,9-10H,7-8,11-13H2,1-3H3,(H,20,22)(H2,19,21,23,26). The molecule has 1 aromatic rings. The second-order valence-electron chi connectivity index (χ2n) is 6.58. The lowest BCUT2D eigenvalue weighted by atomic mass is 10.2. The predicted octanol–water partition coefficient (Wildman–Crippen LogP) is 3.09. The summed E-state index contributed by atoms with van der Waals surface area (Å²) in [5.41, 5.74) is 0.400. The highest BCUT2D eigenvalue weighted by Gasteiger charge is 2.15. The van der Waals surface area contributed by atoms with Gasteiger partial charge in [-0.1, -0.05) is 30.3 Å². The normalized spacial score (nSPS) is 10.6. The van der Waals surface area contributed by atoms with Crippen molar-refractivity contribution in [1.82, 2.24) is 16.0 Å². The van der Waals surface area contributed by atoms with E-state index < -0.39 is 17.8 Å². The first-order valence-corrected chi connectivity index (χ1v) is 8.89. The van der Waals surface area contributed by atoms with E-state index in [4.69, 9.17) is 21.7 Å². The largest absolute Gasteiger partial charge is 0.444 e. The molecule has 0 saturated heterocycles. The van der Waals surface area contributed by atoms with E-state index in [1.165, 1.54) is 0 Å². The first-order chi connectivity index (χ1) is 12.3. The molecule has 0 spiro atoms. The monoisotopic (exact) mass is 381 g/mol. The van der Waals surface area contributed by atoms with Crippen molar-refractivity contribution in [2.75, 3.05) is 13.1 Å². The van der Waals surface area contributed by atoms with Gasteiger partial charge in [0.15, 0.2) is 5.11 Å². The highest BCUT2D eigenvalue weighted by Crippen LogP contribution is 2.06. The third kappa shape index (κ3) is 11.2. The average Bonchev–Trinajstić information content (AvgIpc) is 2.55. The van der Waals surface area contributed by atoms with Crippen LogP contribution in [0.4, 0.5) is 9.59 Å². The number of hydrogen-bond donors (Lipinski definition) is 3. The van der Waals surface area contributed by atoms with Crippen LogP contribution in [0.15, 0.2) is 30.3 Å². The molecule has 0 aliphatic heterocycles. The zero-order valence-corrected chi connectivity index (χ0v) is 16.3. The van der Waals surface area contributed by atoms with Gasteiger partial charge in [0.05, 0.1) is 0 Å². The lowest BCUT2D eigenvalue weighted by Gasteiger charge is -2.19. The van der Waals surface area contributed by atoms with E-state index in [1.54, 1.807) is 0 Å². The Balaban J connectivity index is 2.04. The zero-order chi connectivity index (χ0) is 19.4. The fraction of sp³-hybridized carbons (Fsp3) is 0.500. The zero-order valence-electron chi connectivity index (χ0n) is 15.5. The molecule has 0 aromatic heterocycles. The molecular weight excluding hydrogens is 354 g/mol. The van der Waals surface area contributed by atoms with Crippen molar-refractivity contribution in [3.05, 3.63) is 35.9 Å². The fourth-order valence-corrected chi connectivity index (χ4v) is 2.04. The van der Waals surface area contributed by atoms with Gasteiger partial charge in [0, 0.05) is 13.1 Å². The number of hydrogen-bond acceptors (Lipinski definition) is 5. The molecule has 0 heterocycles. The van der Waals surface area contributed by atoms with Gasteiger partial charge >= 0.3 is 12.2 Å². The summed E-state index contributed by atoms with van der Waals surface area (Å²) in [4.78, 5) is 23.1. The second-order valence-corrected chi connectivity index (χ2v) is 6.99. The van der Waals surface area contributed by atoms with Crippen LogP contribution in [0, 0.1) is 0 Å². The molecule has 0 bridgehead atoms. The Hall–Kier alpha value is -2.35. The molecule has 26 heavy (non-hydrogen) atoms. The van der Waals surface area contributed by atoms with Crippen molar-refractivity contribution in [1.29, 1.82) is 0 Å². The van der Waals surface area contributed by atoms with Crippen molar-refractivity contribution in [3.63, 3.8) is 0 Å². The molecule has 1 rings (SSSR count). The van der Waals surface area contributed by atoms with Crippen molar-refractivity contribution in [2.24, 2.45) is 0 Å². The minimum Gasteiger partial charge on any atom is -0.444 e. The van der Waals surface area contributed by atoms with Gasteiger partial charge in [-0.3, -0.25) is 5.32 Å². The molecule has 8 heteroatoms. The predicted molar refractivity (Wildman–Crippen MR) is 104 cm³/mol. The number of alkyl carbamates (subject to hydrolysis) is 2. The van der Waals surface area contributed by atoms with Gasteiger partial charge in [-0.25, -0.2) is 9.59 Å². The van der Waals surface area contributed by atoms with Gasteiger partial charge in [0.1, 0.15) is 12.2 Å². The summed E-state index contributed by atoms with van der Waals surface area (Å²) in [6, 6.07) is 9.39. The molecule has 0 unspecified atom stereocenters. The Kier molecular flexibility index (Phi) is 9.43. The topological polar surface area (TPSA) is 88.7 Å². The van der Waals surface area contributed by atoms with Gasteiger partial charge in [-0.15, -0.1) is 0 Å². The molecule has 0 atom stereocenters. The van der Waals surface area contributed by atoms with E-state index in [0.29, 0.717) is 13.1 Å². The molecular formula is C18H27N3O4S.